The molecule has 0 fully saturated rings. The summed E-state index contributed by atoms with van der Waals surface area (Å²) < 4.78 is 28.3. The van der Waals surface area contributed by atoms with Crippen LogP contribution in [0.15, 0.2) is 48.5 Å². The maximum Gasteiger partial charge on any atom is 0.500 e. The summed E-state index contributed by atoms with van der Waals surface area (Å²) in [5.41, 5.74) is 2.18. The SMILES string of the molecule is CCO[Si](CCCNC(=O)OCc1ccc(C(=O)Oc2cccc(N(CC)CC)c2)cc1)(OCC)OCC. The average molecular weight is 547 g/mol. The minimum atomic E-state index is -2.72. The van der Waals surface area contributed by atoms with Gasteiger partial charge in [0, 0.05) is 57.3 Å². The standard InChI is InChI=1S/C28H42N2O7Si/c1-6-30(7-2)25-13-11-14-26(21-25)37-27(31)24-17-15-23(16-18-24)22-33-28(32)29-19-12-20-38(34-8-3,35-9-4)36-10-5/h11,13-18,21H,6-10,12,19-20,22H2,1-5H3,(H,29,32). The van der Waals surface area contributed by atoms with Gasteiger partial charge in [-0.1, -0.05) is 18.2 Å². The van der Waals surface area contributed by atoms with Crippen LogP contribution in [-0.4, -0.2) is 60.3 Å². The van der Waals surface area contributed by atoms with Crippen molar-refractivity contribution in [2.45, 2.75) is 53.7 Å². The van der Waals surface area contributed by atoms with Gasteiger partial charge >= 0.3 is 20.9 Å². The first-order valence-electron chi connectivity index (χ1n) is 13.4. The molecular weight excluding hydrogens is 504 g/mol. The maximum atomic E-state index is 12.6. The van der Waals surface area contributed by atoms with Gasteiger partial charge < -0.3 is 33.0 Å². The largest absolute Gasteiger partial charge is 0.500 e. The first-order chi connectivity index (χ1) is 18.4. The van der Waals surface area contributed by atoms with Crippen molar-refractivity contribution in [2.75, 3.05) is 44.4 Å². The Balaban J connectivity index is 1.79. The molecule has 0 aliphatic heterocycles. The van der Waals surface area contributed by atoms with Crippen LogP contribution in [0.1, 0.15) is 57.0 Å². The van der Waals surface area contributed by atoms with E-state index in [9.17, 15) is 9.59 Å². The number of carbonyl (C=O) groups is 2. The van der Waals surface area contributed by atoms with E-state index in [1.165, 1.54) is 0 Å². The number of esters is 1. The fourth-order valence-electron chi connectivity index (χ4n) is 3.93. The van der Waals surface area contributed by atoms with Gasteiger partial charge in [0.1, 0.15) is 12.4 Å². The summed E-state index contributed by atoms with van der Waals surface area (Å²) in [6.07, 6.45) is 0.133. The molecule has 10 heteroatoms. The number of amides is 1. The zero-order chi connectivity index (χ0) is 27.8. The molecule has 0 heterocycles. The predicted molar refractivity (Wildman–Crippen MR) is 150 cm³/mol. The molecule has 2 aromatic carbocycles. The second-order valence-electron chi connectivity index (χ2n) is 8.34. The van der Waals surface area contributed by atoms with Crippen LogP contribution in [0.3, 0.4) is 0 Å². The molecule has 0 aromatic heterocycles. The number of rotatable bonds is 17. The van der Waals surface area contributed by atoms with Crippen LogP contribution in [-0.2, 0) is 24.6 Å². The van der Waals surface area contributed by atoms with Crippen LogP contribution >= 0.6 is 0 Å². The van der Waals surface area contributed by atoms with Crippen LogP contribution in [0.4, 0.5) is 10.5 Å². The molecule has 1 amide bonds. The van der Waals surface area contributed by atoms with Gasteiger partial charge in [0.15, 0.2) is 0 Å². The number of benzene rings is 2. The van der Waals surface area contributed by atoms with E-state index in [2.05, 4.69) is 24.1 Å². The van der Waals surface area contributed by atoms with Gasteiger partial charge in [-0.05, 0) is 70.9 Å². The third kappa shape index (κ3) is 10.1. The van der Waals surface area contributed by atoms with E-state index < -0.39 is 20.9 Å². The van der Waals surface area contributed by atoms with Crippen molar-refractivity contribution in [1.82, 2.24) is 5.32 Å². The Bertz CT molecular complexity index is 966. The van der Waals surface area contributed by atoms with Crippen molar-refractivity contribution in [1.29, 1.82) is 0 Å². The van der Waals surface area contributed by atoms with E-state index >= 15 is 0 Å². The first kappa shape index (κ1) is 31.3. The van der Waals surface area contributed by atoms with E-state index in [1.807, 2.05) is 39.0 Å². The second-order valence-corrected chi connectivity index (χ2v) is 11.1. The fourth-order valence-corrected chi connectivity index (χ4v) is 6.54. The molecule has 0 aliphatic rings. The lowest BCUT2D eigenvalue weighted by Crippen LogP contribution is -2.46. The Morgan fingerprint density at radius 3 is 2.08 bits per heavy atom. The number of nitrogens with zero attached hydrogens (tertiary/aromatic N) is 1. The lowest BCUT2D eigenvalue weighted by molar-refractivity contribution is 0.0704. The molecule has 0 spiro atoms. The predicted octanol–water partition coefficient (Wildman–Crippen LogP) is 5.42. The molecule has 0 bridgehead atoms. The van der Waals surface area contributed by atoms with Gasteiger partial charge in [-0.25, -0.2) is 9.59 Å². The molecule has 0 unspecified atom stereocenters. The highest BCUT2D eigenvalue weighted by atomic mass is 28.4. The van der Waals surface area contributed by atoms with E-state index in [0.717, 1.165) is 24.3 Å². The molecule has 2 rings (SSSR count). The number of nitrogens with one attached hydrogen (secondary N) is 1. The van der Waals surface area contributed by atoms with Crippen molar-refractivity contribution in [3.8, 4) is 5.75 Å². The van der Waals surface area contributed by atoms with E-state index in [0.29, 0.717) is 50.1 Å². The monoisotopic (exact) mass is 546 g/mol. The third-order valence-corrected chi connectivity index (χ3v) is 8.89. The highest BCUT2D eigenvalue weighted by Crippen LogP contribution is 2.22. The maximum absolute atomic E-state index is 12.6. The van der Waals surface area contributed by atoms with Crippen molar-refractivity contribution < 1.29 is 32.3 Å². The highest BCUT2D eigenvalue weighted by molar-refractivity contribution is 6.60. The Morgan fingerprint density at radius 1 is 0.868 bits per heavy atom. The lowest BCUT2D eigenvalue weighted by atomic mass is 10.1. The topological polar surface area (TPSA) is 95.6 Å². The zero-order valence-corrected chi connectivity index (χ0v) is 24.3. The van der Waals surface area contributed by atoms with Gasteiger partial charge in [0.05, 0.1) is 5.56 Å². The van der Waals surface area contributed by atoms with Gasteiger partial charge in [0.2, 0.25) is 0 Å². The zero-order valence-electron chi connectivity index (χ0n) is 23.3. The summed E-state index contributed by atoms with van der Waals surface area (Å²) in [5, 5.41) is 2.75. The van der Waals surface area contributed by atoms with Crippen molar-refractivity contribution in [2.24, 2.45) is 0 Å². The molecule has 9 nitrogen and oxygen atoms in total. The number of hydrogen-bond acceptors (Lipinski definition) is 8. The quantitative estimate of drug-likeness (QED) is 0.122. The Morgan fingerprint density at radius 2 is 1.50 bits per heavy atom. The normalized spacial score (nSPS) is 11.2. The van der Waals surface area contributed by atoms with Gasteiger partial charge in [0.25, 0.3) is 0 Å². The van der Waals surface area contributed by atoms with E-state index in [4.69, 9.17) is 22.8 Å². The van der Waals surface area contributed by atoms with Crippen LogP contribution in [0.2, 0.25) is 6.04 Å². The summed E-state index contributed by atoms with van der Waals surface area (Å²) in [6, 6.07) is 14.9. The Kier molecular flexibility index (Phi) is 13.9. The Labute approximate surface area is 227 Å². The van der Waals surface area contributed by atoms with E-state index in [1.54, 1.807) is 30.3 Å². The lowest BCUT2D eigenvalue weighted by Gasteiger charge is -2.28. The van der Waals surface area contributed by atoms with Gasteiger partial charge in [-0.2, -0.15) is 0 Å². The van der Waals surface area contributed by atoms with Crippen LogP contribution in [0.5, 0.6) is 5.75 Å². The number of anilines is 1. The summed E-state index contributed by atoms with van der Waals surface area (Å²) in [4.78, 5) is 26.9. The first-order valence-corrected chi connectivity index (χ1v) is 15.3. The van der Waals surface area contributed by atoms with Crippen molar-refractivity contribution >= 4 is 26.6 Å². The number of carbonyl (C=O) groups excluding carboxylic acids is 2. The minimum Gasteiger partial charge on any atom is -0.445 e. The summed E-state index contributed by atoms with van der Waals surface area (Å²) in [5.74, 6) is 0.0462. The molecular formula is C28H42N2O7Si. The second kappa shape index (κ2) is 16.8. The smallest absolute Gasteiger partial charge is 0.445 e. The van der Waals surface area contributed by atoms with E-state index in [-0.39, 0.29) is 6.61 Å². The fraction of sp³-hybridized carbons (Fsp3) is 0.500. The van der Waals surface area contributed by atoms with Crippen LogP contribution < -0.4 is 15.0 Å². The number of ether oxygens (including phenoxy) is 2. The van der Waals surface area contributed by atoms with Gasteiger partial charge in [-0.15, -0.1) is 0 Å². The number of alkyl carbamates (subject to hydrolysis) is 1. The molecule has 0 saturated carbocycles. The molecule has 0 radical (unpaired) electrons. The number of hydrogen-bond donors (Lipinski definition) is 1. The molecule has 210 valence electrons. The van der Waals surface area contributed by atoms with Crippen LogP contribution in [0.25, 0.3) is 0 Å². The summed E-state index contributed by atoms with van der Waals surface area (Å²) in [7, 11) is -2.72. The molecule has 0 aliphatic carbocycles. The Hall–Kier alpha value is -2.92. The highest BCUT2D eigenvalue weighted by Gasteiger charge is 2.39. The molecule has 2 aromatic rings. The average Bonchev–Trinajstić information content (AvgIpc) is 2.92. The van der Waals surface area contributed by atoms with Crippen molar-refractivity contribution in [3.63, 3.8) is 0 Å². The molecule has 0 saturated heterocycles. The summed E-state index contributed by atoms with van der Waals surface area (Å²) >= 11 is 0. The van der Waals surface area contributed by atoms with Gasteiger partial charge in [-0.3, -0.25) is 0 Å². The summed E-state index contributed by atoms with van der Waals surface area (Å²) in [6.45, 7) is 13.7. The molecule has 1 N–H and O–H groups in total. The molecule has 38 heavy (non-hydrogen) atoms. The van der Waals surface area contributed by atoms with Crippen molar-refractivity contribution in [3.05, 3.63) is 59.7 Å². The molecule has 0 atom stereocenters. The minimum absolute atomic E-state index is 0.0859. The van der Waals surface area contributed by atoms with Crippen LogP contribution in [0, 0.1) is 0 Å². The third-order valence-electron chi connectivity index (χ3n) is 5.74.